The van der Waals surface area contributed by atoms with E-state index in [0.717, 1.165) is 0 Å². The van der Waals surface area contributed by atoms with Crippen LogP contribution >= 0.6 is 0 Å². The fourth-order valence-electron chi connectivity index (χ4n) is 0.986. The van der Waals surface area contributed by atoms with Crippen molar-refractivity contribution >= 4 is 12.2 Å². The molecule has 0 aliphatic heterocycles. The van der Waals surface area contributed by atoms with Crippen LogP contribution in [0.1, 0.15) is 18.0 Å². The molecule has 2 N–H and O–H groups in total. The quantitative estimate of drug-likeness (QED) is 0.639. The van der Waals surface area contributed by atoms with E-state index in [0.29, 0.717) is 12.0 Å². The van der Waals surface area contributed by atoms with Gasteiger partial charge in [0, 0.05) is 12.6 Å². The molecule has 1 rings (SSSR count). The van der Waals surface area contributed by atoms with Crippen LogP contribution in [0, 0.1) is 0 Å². The summed E-state index contributed by atoms with van der Waals surface area (Å²) in [5.41, 5.74) is 5.58. The van der Waals surface area contributed by atoms with Gasteiger partial charge in [0.25, 0.3) is 0 Å². The van der Waals surface area contributed by atoms with Crippen LogP contribution in [0.5, 0.6) is 0 Å². The zero-order chi connectivity index (χ0) is 9.68. The maximum atomic E-state index is 10.9. The average molecular weight is 179 g/mol. The molecule has 5 nitrogen and oxygen atoms in total. The highest BCUT2D eigenvalue weighted by molar-refractivity contribution is 5.83. The normalized spacial score (nSPS) is 12.0. The third kappa shape index (κ3) is 2.33. The monoisotopic (exact) mass is 179 g/mol. The van der Waals surface area contributed by atoms with Gasteiger partial charge < -0.3 is 10.5 Å². The molecule has 0 aliphatic carbocycles. The summed E-state index contributed by atoms with van der Waals surface area (Å²) in [5.74, 6) is -1.19. The number of amides is 1. The van der Waals surface area contributed by atoms with Crippen LogP contribution in [-0.2, 0) is 9.59 Å². The first kappa shape index (κ1) is 9.31. The van der Waals surface area contributed by atoms with E-state index >= 15 is 0 Å². The van der Waals surface area contributed by atoms with E-state index < -0.39 is 11.8 Å². The van der Waals surface area contributed by atoms with Crippen molar-refractivity contribution in [2.45, 2.75) is 12.3 Å². The lowest BCUT2D eigenvalue weighted by Crippen LogP contribution is -2.22. The van der Waals surface area contributed by atoms with Crippen LogP contribution in [0.2, 0.25) is 0 Å². The van der Waals surface area contributed by atoms with Crippen molar-refractivity contribution < 1.29 is 9.59 Å². The summed E-state index contributed by atoms with van der Waals surface area (Å²) in [4.78, 5) is 28.7. The summed E-state index contributed by atoms with van der Waals surface area (Å²) in [5, 5.41) is 0. The van der Waals surface area contributed by atoms with Crippen molar-refractivity contribution in [2.75, 3.05) is 0 Å². The van der Waals surface area contributed by atoms with Crippen molar-refractivity contribution in [3.8, 4) is 0 Å². The Morgan fingerprint density at radius 3 is 2.92 bits per heavy atom. The number of carbonyl (C=O) groups is 2. The highest BCUT2D eigenvalue weighted by Crippen LogP contribution is 2.14. The van der Waals surface area contributed by atoms with Crippen LogP contribution in [-0.4, -0.2) is 22.2 Å². The lowest BCUT2D eigenvalue weighted by Gasteiger charge is -2.07. The van der Waals surface area contributed by atoms with Crippen LogP contribution in [0.3, 0.4) is 0 Å². The summed E-state index contributed by atoms with van der Waals surface area (Å²) in [6.07, 6.45) is 3.53. The lowest BCUT2D eigenvalue weighted by molar-refractivity contribution is -0.121. The Morgan fingerprint density at radius 2 is 2.46 bits per heavy atom. The largest absolute Gasteiger partial charge is 0.369 e. The van der Waals surface area contributed by atoms with Crippen molar-refractivity contribution in [3.63, 3.8) is 0 Å². The number of aldehydes is 1. The number of hydrogen-bond donors (Lipinski definition) is 1. The van der Waals surface area contributed by atoms with Crippen molar-refractivity contribution in [1.29, 1.82) is 0 Å². The minimum atomic E-state index is -0.638. The van der Waals surface area contributed by atoms with Gasteiger partial charge in [0.05, 0.1) is 11.6 Å². The molecule has 0 fully saturated rings. The van der Waals surface area contributed by atoms with E-state index in [4.69, 9.17) is 5.73 Å². The topological polar surface area (TPSA) is 85.9 Å². The van der Waals surface area contributed by atoms with Gasteiger partial charge in [-0.3, -0.25) is 4.79 Å². The average Bonchev–Trinajstić information content (AvgIpc) is 2.15. The molecule has 1 heterocycles. The van der Waals surface area contributed by atoms with Crippen molar-refractivity contribution in [2.24, 2.45) is 5.73 Å². The SMILES string of the molecule is NC(=O)C(CC=O)c1ccncn1. The number of primary amides is 1. The number of carbonyl (C=O) groups excluding carboxylic acids is 2. The predicted octanol–water partition coefficient (Wildman–Crippen LogP) is -0.366. The lowest BCUT2D eigenvalue weighted by atomic mass is 10.0. The molecule has 0 radical (unpaired) electrons. The minimum Gasteiger partial charge on any atom is -0.369 e. The molecule has 1 aromatic heterocycles. The minimum absolute atomic E-state index is 0.0619. The molecule has 1 aromatic rings. The van der Waals surface area contributed by atoms with E-state index in [1.807, 2.05) is 0 Å². The molecule has 0 spiro atoms. The summed E-state index contributed by atoms with van der Waals surface area (Å²) in [7, 11) is 0. The molecule has 13 heavy (non-hydrogen) atoms. The van der Waals surface area contributed by atoms with Gasteiger partial charge in [-0.2, -0.15) is 0 Å². The molecular weight excluding hydrogens is 170 g/mol. The second kappa shape index (κ2) is 4.30. The Kier molecular flexibility index (Phi) is 3.08. The highest BCUT2D eigenvalue weighted by Gasteiger charge is 2.17. The third-order valence-corrected chi connectivity index (χ3v) is 1.64. The van der Waals surface area contributed by atoms with Crippen LogP contribution in [0.4, 0.5) is 0 Å². The van der Waals surface area contributed by atoms with Gasteiger partial charge in [0.2, 0.25) is 5.91 Å². The molecule has 0 saturated carbocycles. The van der Waals surface area contributed by atoms with Crippen LogP contribution < -0.4 is 5.73 Å². The molecule has 1 unspecified atom stereocenters. The maximum absolute atomic E-state index is 10.9. The fraction of sp³-hybridized carbons (Fsp3) is 0.250. The first-order valence-corrected chi connectivity index (χ1v) is 3.74. The van der Waals surface area contributed by atoms with E-state index in [2.05, 4.69) is 9.97 Å². The third-order valence-electron chi connectivity index (χ3n) is 1.64. The fourth-order valence-corrected chi connectivity index (χ4v) is 0.986. The molecular formula is C8H9N3O2. The molecule has 68 valence electrons. The molecule has 0 aliphatic rings. The molecule has 1 atom stereocenters. The summed E-state index contributed by atoms with van der Waals surface area (Å²) in [6.45, 7) is 0. The Balaban J connectivity index is 2.88. The molecule has 5 heteroatoms. The standard InChI is InChI=1S/C8H9N3O2/c9-8(13)6(2-4-12)7-1-3-10-5-11-7/h1,3-6H,2H2,(H2,9,13). The first-order valence-electron chi connectivity index (χ1n) is 3.74. The molecule has 0 aromatic carbocycles. The molecule has 0 bridgehead atoms. The number of rotatable bonds is 4. The van der Waals surface area contributed by atoms with Gasteiger partial charge in [0.1, 0.15) is 12.6 Å². The van der Waals surface area contributed by atoms with E-state index in [1.165, 1.54) is 12.5 Å². The van der Waals surface area contributed by atoms with Crippen molar-refractivity contribution in [1.82, 2.24) is 9.97 Å². The Hall–Kier alpha value is -1.78. The summed E-state index contributed by atoms with van der Waals surface area (Å²) < 4.78 is 0. The number of aromatic nitrogens is 2. The summed E-state index contributed by atoms with van der Waals surface area (Å²) in [6, 6.07) is 1.57. The number of nitrogens with zero attached hydrogens (tertiary/aromatic N) is 2. The van der Waals surface area contributed by atoms with Gasteiger partial charge in [-0.15, -0.1) is 0 Å². The zero-order valence-corrected chi connectivity index (χ0v) is 6.88. The Bertz CT molecular complexity index is 300. The summed E-state index contributed by atoms with van der Waals surface area (Å²) >= 11 is 0. The van der Waals surface area contributed by atoms with Crippen LogP contribution in [0.25, 0.3) is 0 Å². The van der Waals surface area contributed by atoms with Crippen LogP contribution in [0.15, 0.2) is 18.6 Å². The van der Waals surface area contributed by atoms with E-state index in [-0.39, 0.29) is 6.42 Å². The highest BCUT2D eigenvalue weighted by atomic mass is 16.1. The maximum Gasteiger partial charge on any atom is 0.227 e. The predicted molar refractivity (Wildman–Crippen MR) is 44.6 cm³/mol. The molecule has 0 saturated heterocycles. The van der Waals surface area contributed by atoms with Gasteiger partial charge in [-0.1, -0.05) is 0 Å². The van der Waals surface area contributed by atoms with Crippen molar-refractivity contribution in [3.05, 3.63) is 24.3 Å². The van der Waals surface area contributed by atoms with Gasteiger partial charge in [0.15, 0.2) is 0 Å². The Labute approximate surface area is 75.0 Å². The van der Waals surface area contributed by atoms with Gasteiger partial charge in [-0.05, 0) is 6.07 Å². The van der Waals surface area contributed by atoms with E-state index in [9.17, 15) is 9.59 Å². The van der Waals surface area contributed by atoms with E-state index in [1.54, 1.807) is 6.07 Å². The zero-order valence-electron chi connectivity index (χ0n) is 6.88. The first-order chi connectivity index (χ1) is 6.25. The smallest absolute Gasteiger partial charge is 0.227 e. The second-order valence-electron chi connectivity index (χ2n) is 2.49. The van der Waals surface area contributed by atoms with Gasteiger partial charge in [-0.25, -0.2) is 9.97 Å². The number of hydrogen-bond acceptors (Lipinski definition) is 4. The number of nitrogens with two attached hydrogens (primary N) is 1. The van der Waals surface area contributed by atoms with Gasteiger partial charge >= 0.3 is 0 Å². The second-order valence-corrected chi connectivity index (χ2v) is 2.49. The Morgan fingerprint density at radius 1 is 1.69 bits per heavy atom. The molecule has 1 amide bonds.